The second-order valence-corrected chi connectivity index (χ2v) is 10.4. The zero-order valence-corrected chi connectivity index (χ0v) is 24.9. The summed E-state index contributed by atoms with van der Waals surface area (Å²) in [4.78, 5) is 49.1. The first-order valence-electron chi connectivity index (χ1n) is 14.3. The monoisotopic (exact) mass is 565 g/mol. The Balaban J connectivity index is 2.85. The SMILES string of the molecule is CCCCCC(=O)Oc1ccc(C[C@H](N)C(=O)O[C@@H](C)[C@H](C)OC(=O)OCC(C)C)cc1OC(=O)CCCCC. The molecular weight excluding hydrogens is 518 g/mol. The van der Waals surface area contributed by atoms with Crippen LogP contribution in [0.4, 0.5) is 4.79 Å². The van der Waals surface area contributed by atoms with Crippen molar-refractivity contribution in [2.24, 2.45) is 11.7 Å². The fourth-order valence-corrected chi connectivity index (χ4v) is 3.45. The summed E-state index contributed by atoms with van der Waals surface area (Å²) in [5, 5.41) is 0. The molecule has 1 aromatic rings. The topological polar surface area (TPSA) is 140 Å². The van der Waals surface area contributed by atoms with Gasteiger partial charge in [0.2, 0.25) is 0 Å². The molecule has 0 bridgehead atoms. The Hall–Kier alpha value is -3.14. The molecule has 0 aliphatic rings. The van der Waals surface area contributed by atoms with Crippen molar-refractivity contribution in [1.82, 2.24) is 0 Å². The lowest BCUT2D eigenvalue weighted by Crippen LogP contribution is -2.39. The molecule has 0 heterocycles. The van der Waals surface area contributed by atoms with Gasteiger partial charge in [-0.2, -0.15) is 0 Å². The summed E-state index contributed by atoms with van der Waals surface area (Å²) in [5.74, 6) is -1.15. The van der Waals surface area contributed by atoms with Gasteiger partial charge in [-0.3, -0.25) is 14.4 Å². The number of rotatable bonds is 18. The maximum absolute atomic E-state index is 12.6. The van der Waals surface area contributed by atoms with Crippen LogP contribution in [0.5, 0.6) is 11.5 Å². The molecule has 0 amide bonds. The molecule has 0 saturated carbocycles. The van der Waals surface area contributed by atoms with Crippen LogP contribution in [0.2, 0.25) is 0 Å². The molecule has 0 fully saturated rings. The second-order valence-electron chi connectivity index (χ2n) is 10.4. The molecule has 2 N–H and O–H groups in total. The maximum Gasteiger partial charge on any atom is 0.508 e. The zero-order valence-electron chi connectivity index (χ0n) is 24.9. The molecule has 0 saturated heterocycles. The summed E-state index contributed by atoms with van der Waals surface area (Å²) < 4.78 is 26.5. The molecule has 40 heavy (non-hydrogen) atoms. The van der Waals surface area contributed by atoms with Crippen LogP contribution in [0.1, 0.15) is 98.5 Å². The Bertz CT molecular complexity index is 947. The van der Waals surface area contributed by atoms with Gasteiger partial charge < -0.3 is 29.4 Å². The summed E-state index contributed by atoms with van der Waals surface area (Å²) >= 11 is 0. The predicted octanol–water partition coefficient (Wildman–Crippen LogP) is 5.66. The van der Waals surface area contributed by atoms with Crippen molar-refractivity contribution >= 4 is 24.1 Å². The minimum atomic E-state index is -1.04. The summed E-state index contributed by atoms with van der Waals surface area (Å²) in [6.07, 6.45) is 3.34. The lowest BCUT2D eigenvalue weighted by Gasteiger charge is -2.22. The van der Waals surface area contributed by atoms with Gasteiger partial charge in [0, 0.05) is 12.8 Å². The Kier molecular flexibility index (Phi) is 16.6. The van der Waals surface area contributed by atoms with Crippen molar-refractivity contribution in [3.8, 4) is 11.5 Å². The van der Waals surface area contributed by atoms with Crippen molar-refractivity contribution in [2.75, 3.05) is 6.61 Å². The van der Waals surface area contributed by atoms with E-state index in [0.717, 1.165) is 25.7 Å². The van der Waals surface area contributed by atoms with Crippen molar-refractivity contribution < 1.29 is 42.9 Å². The minimum Gasteiger partial charge on any atom is -0.458 e. The molecule has 226 valence electrons. The van der Waals surface area contributed by atoms with Crippen LogP contribution in [0.15, 0.2) is 18.2 Å². The first-order valence-corrected chi connectivity index (χ1v) is 14.3. The van der Waals surface area contributed by atoms with E-state index in [0.29, 0.717) is 18.4 Å². The molecule has 0 radical (unpaired) electrons. The standard InChI is InChI=1S/C30H47NO9/c1-7-9-11-13-27(32)39-25-16-15-23(18-26(25)40-28(33)14-12-10-8-2)17-24(31)29(34)37-21(5)22(6)38-30(35)36-19-20(3)4/h15-16,18,20-22,24H,7-14,17,19,31H2,1-6H3/t21-,22-,24-/m0/s1. The summed E-state index contributed by atoms with van der Waals surface area (Å²) in [6.45, 7) is 11.3. The smallest absolute Gasteiger partial charge is 0.458 e. The first-order chi connectivity index (χ1) is 19.0. The van der Waals surface area contributed by atoms with Crippen molar-refractivity contribution in [3.63, 3.8) is 0 Å². The van der Waals surface area contributed by atoms with Gasteiger partial charge in [-0.05, 0) is 56.7 Å². The van der Waals surface area contributed by atoms with Crippen molar-refractivity contribution in [3.05, 3.63) is 23.8 Å². The number of carbonyl (C=O) groups excluding carboxylic acids is 4. The maximum atomic E-state index is 12.6. The highest BCUT2D eigenvalue weighted by Crippen LogP contribution is 2.30. The van der Waals surface area contributed by atoms with E-state index in [-0.39, 0.29) is 43.3 Å². The molecule has 0 spiro atoms. The lowest BCUT2D eigenvalue weighted by atomic mass is 10.1. The third-order valence-corrected chi connectivity index (χ3v) is 5.96. The molecule has 0 aliphatic carbocycles. The van der Waals surface area contributed by atoms with Gasteiger partial charge in [-0.15, -0.1) is 0 Å². The zero-order chi connectivity index (χ0) is 30.1. The largest absolute Gasteiger partial charge is 0.508 e. The summed E-state index contributed by atoms with van der Waals surface area (Å²) in [7, 11) is 0. The van der Waals surface area contributed by atoms with Gasteiger partial charge in [-0.1, -0.05) is 59.4 Å². The predicted molar refractivity (Wildman–Crippen MR) is 150 cm³/mol. The normalized spacial score (nSPS) is 13.2. The highest BCUT2D eigenvalue weighted by Gasteiger charge is 2.25. The number of carbonyl (C=O) groups is 4. The second kappa shape index (κ2) is 19.0. The van der Waals surface area contributed by atoms with E-state index in [4.69, 9.17) is 29.4 Å². The van der Waals surface area contributed by atoms with E-state index >= 15 is 0 Å². The molecular formula is C30H47NO9. The third kappa shape index (κ3) is 14.3. The highest BCUT2D eigenvalue weighted by molar-refractivity contribution is 5.77. The number of hydrogen-bond donors (Lipinski definition) is 1. The number of nitrogens with two attached hydrogens (primary N) is 1. The fraction of sp³-hybridized carbons (Fsp3) is 0.667. The molecule has 0 aliphatic heterocycles. The Labute approximate surface area is 238 Å². The molecule has 1 rings (SSSR count). The van der Waals surface area contributed by atoms with Crippen LogP contribution >= 0.6 is 0 Å². The highest BCUT2D eigenvalue weighted by atomic mass is 16.7. The number of unbranched alkanes of at least 4 members (excludes halogenated alkanes) is 4. The van der Waals surface area contributed by atoms with E-state index in [2.05, 4.69) is 0 Å². The number of benzene rings is 1. The van der Waals surface area contributed by atoms with E-state index in [1.54, 1.807) is 26.0 Å². The lowest BCUT2D eigenvalue weighted by molar-refractivity contribution is -0.155. The van der Waals surface area contributed by atoms with Crippen molar-refractivity contribution in [2.45, 2.75) is 118 Å². The van der Waals surface area contributed by atoms with E-state index < -0.39 is 42.3 Å². The van der Waals surface area contributed by atoms with Crippen molar-refractivity contribution in [1.29, 1.82) is 0 Å². The average Bonchev–Trinajstić information content (AvgIpc) is 2.89. The van der Waals surface area contributed by atoms with Crippen LogP contribution in [0.25, 0.3) is 0 Å². The van der Waals surface area contributed by atoms with E-state index in [1.165, 1.54) is 6.07 Å². The number of esters is 3. The van der Waals surface area contributed by atoms with E-state index in [1.807, 2.05) is 27.7 Å². The van der Waals surface area contributed by atoms with Gasteiger partial charge >= 0.3 is 24.1 Å². The fourth-order valence-electron chi connectivity index (χ4n) is 3.45. The quantitative estimate of drug-likeness (QED) is 0.135. The van der Waals surface area contributed by atoms with Gasteiger partial charge in [0.1, 0.15) is 18.2 Å². The first kappa shape index (κ1) is 34.9. The molecule has 10 nitrogen and oxygen atoms in total. The molecule has 3 atom stereocenters. The number of hydrogen-bond acceptors (Lipinski definition) is 10. The van der Waals surface area contributed by atoms with Gasteiger partial charge in [0.25, 0.3) is 0 Å². The molecule has 0 aromatic heterocycles. The molecule has 0 unspecified atom stereocenters. The average molecular weight is 566 g/mol. The van der Waals surface area contributed by atoms with Crippen LogP contribution < -0.4 is 15.2 Å². The molecule has 10 heteroatoms. The number of ether oxygens (including phenoxy) is 5. The van der Waals surface area contributed by atoms with Gasteiger partial charge in [-0.25, -0.2) is 4.79 Å². The van der Waals surface area contributed by atoms with E-state index in [9.17, 15) is 19.2 Å². The molecule has 1 aromatic carbocycles. The van der Waals surface area contributed by atoms with Crippen LogP contribution in [0.3, 0.4) is 0 Å². The Morgan fingerprint density at radius 3 is 1.88 bits per heavy atom. The van der Waals surface area contributed by atoms with Crippen LogP contribution in [-0.2, 0) is 35.0 Å². The van der Waals surface area contributed by atoms with Crippen LogP contribution in [0, 0.1) is 5.92 Å². The Morgan fingerprint density at radius 1 is 0.775 bits per heavy atom. The minimum absolute atomic E-state index is 0.0718. The third-order valence-electron chi connectivity index (χ3n) is 5.96. The van der Waals surface area contributed by atoms with Gasteiger partial charge in [0.05, 0.1) is 6.61 Å². The summed E-state index contributed by atoms with van der Waals surface area (Å²) in [5.41, 5.74) is 6.68. The summed E-state index contributed by atoms with van der Waals surface area (Å²) in [6, 6.07) is 3.68. The van der Waals surface area contributed by atoms with Gasteiger partial charge in [0.15, 0.2) is 11.5 Å². The van der Waals surface area contributed by atoms with Crippen LogP contribution in [-0.4, -0.2) is 48.9 Å². The Morgan fingerprint density at radius 2 is 1.32 bits per heavy atom.